The van der Waals surface area contributed by atoms with Crippen molar-refractivity contribution in [1.29, 1.82) is 0 Å². The average Bonchev–Trinajstić information content (AvgIpc) is 2.71. The summed E-state index contributed by atoms with van der Waals surface area (Å²) >= 11 is 5.41. The third-order valence-corrected chi connectivity index (χ3v) is 4.02. The van der Waals surface area contributed by atoms with Gasteiger partial charge < -0.3 is 15.8 Å². The molecular formula is C19H21ClN4O3. The SMILES string of the molecule is C[C@H](NCl)C(=O)NCc1ccc(C(N)=NC(=O)OCc2ccccc2)cc1. The van der Waals surface area contributed by atoms with E-state index in [0.29, 0.717) is 12.1 Å². The van der Waals surface area contributed by atoms with E-state index in [9.17, 15) is 9.59 Å². The molecule has 8 heteroatoms. The Kier molecular flexibility index (Phi) is 7.79. The van der Waals surface area contributed by atoms with Gasteiger partial charge >= 0.3 is 6.09 Å². The molecule has 0 aliphatic heterocycles. The van der Waals surface area contributed by atoms with Crippen molar-refractivity contribution >= 4 is 29.6 Å². The van der Waals surface area contributed by atoms with Gasteiger partial charge in [-0.05, 0) is 29.8 Å². The summed E-state index contributed by atoms with van der Waals surface area (Å²) in [4.78, 5) is 29.5. The number of amides is 2. The fourth-order valence-electron chi connectivity index (χ4n) is 2.10. The molecule has 142 valence electrons. The highest BCUT2D eigenvalue weighted by Crippen LogP contribution is 2.06. The van der Waals surface area contributed by atoms with E-state index in [4.69, 9.17) is 22.2 Å². The second-order valence-electron chi connectivity index (χ2n) is 5.78. The molecular weight excluding hydrogens is 368 g/mol. The second kappa shape index (κ2) is 10.3. The number of hydrogen-bond acceptors (Lipinski definition) is 4. The number of hydrogen-bond donors (Lipinski definition) is 3. The lowest BCUT2D eigenvalue weighted by molar-refractivity contribution is -0.122. The van der Waals surface area contributed by atoms with Crippen LogP contribution in [-0.4, -0.2) is 23.9 Å². The Labute approximate surface area is 162 Å². The molecule has 4 N–H and O–H groups in total. The van der Waals surface area contributed by atoms with Crippen LogP contribution < -0.4 is 15.9 Å². The Morgan fingerprint density at radius 1 is 1.11 bits per heavy atom. The van der Waals surface area contributed by atoms with Crippen LogP contribution in [0.3, 0.4) is 0 Å². The van der Waals surface area contributed by atoms with E-state index in [1.165, 1.54) is 0 Å². The smallest absolute Gasteiger partial charge is 0.435 e. The van der Waals surface area contributed by atoms with Gasteiger partial charge in [0.1, 0.15) is 12.4 Å². The fraction of sp³-hybridized carbons (Fsp3) is 0.211. The van der Waals surface area contributed by atoms with Gasteiger partial charge in [-0.1, -0.05) is 54.6 Å². The van der Waals surface area contributed by atoms with Gasteiger partial charge in [-0.15, -0.1) is 0 Å². The molecule has 0 radical (unpaired) electrons. The molecule has 2 rings (SSSR count). The largest absolute Gasteiger partial charge is 0.443 e. The van der Waals surface area contributed by atoms with E-state index in [1.54, 1.807) is 31.2 Å². The van der Waals surface area contributed by atoms with Crippen molar-refractivity contribution in [2.24, 2.45) is 10.7 Å². The first-order chi connectivity index (χ1) is 13.0. The third kappa shape index (κ3) is 6.73. The van der Waals surface area contributed by atoms with Gasteiger partial charge in [-0.3, -0.25) is 4.79 Å². The first kappa shape index (κ1) is 20.4. The molecule has 0 aliphatic rings. The van der Waals surface area contributed by atoms with Gasteiger partial charge in [0.05, 0.1) is 6.04 Å². The molecule has 0 spiro atoms. The normalized spacial score (nSPS) is 12.3. The van der Waals surface area contributed by atoms with Crippen molar-refractivity contribution in [3.63, 3.8) is 0 Å². The number of nitrogens with one attached hydrogen (secondary N) is 2. The molecule has 7 nitrogen and oxygen atoms in total. The molecule has 0 fully saturated rings. The van der Waals surface area contributed by atoms with Crippen molar-refractivity contribution in [2.45, 2.75) is 26.1 Å². The van der Waals surface area contributed by atoms with Crippen LogP contribution >= 0.6 is 11.8 Å². The van der Waals surface area contributed by atoms with Crippen LogP contribution in [0.25, 0.3) is 0 Å². The van der Waals surface area contributed by atoms with E-state index < -0.39 is 12.1 Å². The minimum absolute atomic E-state index is 0.0589. The maximum Gasteiger partial charge on any atom is 0.435 e. The average molecular weight is 389 g/mol. The number of rotatable bonds is 7. The first-order valence-electron chi connectivity index (χ1n) is 8.27. The van der Waals surface area contributed by atoms with Crippen LogP contribution in [0.5, 0.6) is 0 Å². The summed E-state index contributed by atoms with van der Waals surface area (Å²) in [5.41, 5.74) is 8.17. The molecule has 0 aliphatic carbocycles. The van der Waals surface area contributed by atoms with Crippen LogP contribution in [0.15, 0.2) is 59.6 Å². The fourth-order valence-corrected chi connectivity index (χ4v) is 2.20. The van der Waals surface area contributed by atoms with Crippen LogP contribution in [0.4, 0.5) is 4.79 Å². The number of amidine groups is 1. The van der Waals surface area contributed by atoms with E-state index in [0.717, 1.165) is 11.1 Å². The van der Waals surface area contributed by atoms with Crippen molar-refractivity contribution in [3.05, 3.63) is 71.3 Å². The lowest BCUT2D eigenvalue weighted by atomic mass is 10.1. The highest BCUT2D eigenvalue weighted by molar-refractivity contribution is 6.15. The minimum Gasteiger partial charge on any atom is -0.443 e. The maximum absolute atomic E-state index is 11.8. The molecule has 2 aromatic rings. The van der Waals surface area contributed by atoms with Gasteiger partial charge in [0.25, 0.3) is 0 Å². The zero-order valence-corrected chi connectivity index (χ0v) is 15.6. The molecule has 1 atom stereocenters. The zero-order valence-electron chi connectivity index (χ0n) is 14.8. The van der Waals surface area contributed by atoms with E-state index in [2.05, 4.69) is 15.1 Å². The Hall–Kier alpha value is -2.90. The Morgan fingerprint density at radius 3 is 2.41 bits per heavy atom. The Morgan fingerprint density at radius 2 is 1.78 bits per heavy atom. The molecule has 0 unspecified atom stereocenters. The molecule has 2 aromatic carbocycles. The van der Waals surface area contributed by atoms with E-state index in [-0.39, 0.29) is 18.3 Å². The third-order valence-electron chi connectivity index (χ3n) is 3.69. The predicted molar refractivity (Wildman–Crippen MR) is 104 cm³/mol. The molecule has 27 heavy (non-hydrogen) atoms. The molecule has 0 saturated heterocycles. The van der Waals surface area contributed by atoms with Gasteiger partial charge in [0.15, 0.2) is 0 Å². The minimum atomic E-state index is -0.754. The molecule has 0 heterocycles. The number of carbonyl (C=O) groups is 2. The molecule has 0 bridgehead atoms. The maximum atomic E-state index is 11.8. The van der Waals surface area contributed by atoms with E-state index in [1.807, 2.05) is 30.3 Å². The van der Waals surface area contributed by atoms with Crippen molar-refractivity contribution in [1.82, 2.24) is 10.2 Å². The van der Waals surface area contributed by atoms with Crippen LogP contribution in [0.2, 0.25) is 0 Å². The number of nitrogens with two attached hydrogens (primary N) is 1. The summed E-state index contributed by atoms with van der Waals surface area (Å²) in [6.45, 7) is 2.13. The van der Waals surface area contributed by atoms with Crippen molar-refractivity contribution in [2.75, 3.05) is 0 Å². The number of benzene rings is 2. The lowest BCUT2D eigenvalue weighted by Crippen LogP contribution is -2.38. The summed E-state index contributed by atoms with van der Waals surface area (Å²) in [7, 11) is 0. The zero-order chi connectivity index (χ0) is 19.6. The monoisotopic (exact) mass is 388 g/mol. The highest BCUT2D eigenvalue weighted by Gasteiger charge is 2.10. The topological polar surface area (TPSA) is 106 Å². The second-order valence-corrected chi connectivity index (χ2v) is 6.00. The van der Waals surface area contributed by atoms with Gasteiger partial charge in [0.2, 0.25) is 5.91 Å². The highest BCUT2D eigenvalue weighted by atomic mass is 35.5. The van der Waals surface area contributed by atoms with Crippen LogP contribution in [-0.2, 0) is 22.7 Å². The standard InChI is InChI=1S/C19H21ClN4O3/c1-13(24-20)18(25)22-11-14-7-9-16(10-8-14)17(21)23-19(26)27-12-15-5-3-2-4-6-15/h2-10,13,24H,11-12H2,1H3,(H,22,25)(H2,21,23,26)/t13-/m0/s1. The quantitative estimate of drug-likeness (QED) is 0.384. The van der Waals surface area contributed by atoms with Crippen LogP contribution in [0, 0.1) is 0 Å². The Bertz CT molecular complexity index is 794. The summed E-state index contributed by atoms with van der Waals surface area (Å²) in [5, 5.41) is 2.74. The summed E-state index contributed by atoms with van der Waals surface area (Å²) in [5.74, 6) is -0.153. The van der Waals surface area contributed by atoms with E-state index >= 15 is 0 Å². The lowest BCUT2D eigenvalue weighted by Gasteiger charge is -2.10. The number of aliphatic imine (C=N–C) groups is 1. The van der Waals surface area contributed by atoms with Crippen molar-refractivity contribution in [3.8, 4) is 0 Å². The summed E-state index contributed by atoms with van der Waals surface area (Å²) in [6.07, 6.45) is -0.754. The number of ether oxygens (including phenoxy) is 1. The van der Waals surface area contributed by atoms with Crippen LogP contribution in [0.1, 0.15) is 23.6 Å². The molecule has 0 saturated carbocycles. The first-order valence-corrected chi connectivity index (χ1v) is 8.65. The van der Waals surface area contributed by atoms with Gasteiger partial charge in [-0.25, -0.2) is 9.63 Å². The summed E-state index contributed by atoms with van der Waals surface area (Å²) in [6, 6.07) is 15.8. The number of carbonyl (C=O) groups excluding carboxylic acids is 2. The molecule has 0 aromatic heterocycles. The molecule has 2 amide bonds. The van der Waals surface area contributed by atoms with Gasteiger partial charge in [-0.2, -0.15) is 4.99 Å². The summed E-state index contributed by atoms with van der Waals surface area (Å²) < 4.78 is 5.07. The van der Waals surface area contributed by atoms with Crippen molar-refractivity contribution < 1.29 is 14.3 Å². The number of halogens is 1. The van der Waals surface area contributed by atoms with Gasteiger partial charge in [0, 0.05) is 12.1 Å². The Balaban J connectivity index is 1.88. The number of nitrogens with zero attached hydrogens (tertiary/aromatic N) is 1. The predicted octanol–water partition coefficient (Wildman–Crippen LogP) is 2.48.